The minimum atomic E-state index is -0.614. The molecule has 144 valence electrons. The van der Waals surface area contributed by atoms with Crippen molar-refractivity contribution in [2.24, 2.45) is 7.05 Å². The van der Waals surface area contributed by atoms with E-state index in [0.717, 1.165) is 29.6 Å². The van der Waals surface area contributed by atoms with E-state index in [1.807, 2.05) is 36.4 Å². The third-order valence-electron chi connectivity index (χ3n) is 5.11. The number of rotatable bonds is 4. The third kappa shape index (κ3) is 3.19. The number of ether oxygens (including phenoxy) is 1. The molecule has 0 fully saturated rings. The summed E-state index contributed by atoms with van der Waals surface area (Å²) in [5.74, 6) is -0.872. The molecule has 1 aliphatic heterocycles. The first-order valence-electron chi connectivity index (χ1n) is 9.24. The van der Waals surface area contributed by atoms with Gasteiger partial charge in [-0.05, 0) is 36.6 Å². The fourth-order valence-electron chi connectivity index (χ4n) is 3.70. The van der Waals surface area contributed by atoms with E-state index in [2.05, 4.69) is 0 Å². The second-order valence-corrected chi connectivity index (χ2v) is 6.85. The zero-order chi connectivity index (χ0) is 19.7. The average molecular weight is 379 g/mol. The number of imidazole rings is 1. The fraction of sp³-hybridized carbons (Fsp3) is 0.286. The predicted molar refractivity (Wildman–Crippen MR) is 105 cm³/mol. The number of aromatic nitrogens is 2. The van der Waals surface area contributed by atoms with Crippen LogP contribution in [0.15, 0.2) is 53.3 Å². The predicted octanol–water partition coefficient (Wildman–Crippen LogP) is 1.86. The van der Waals surface area contributed by atoms with Gasteiger partial charge in [-0.1, -0.05) is 30.3 Å². The molecule has 2 heterocycles. The zero-order valence-corrected chi connectivity index (χ0v) is 15.6. The molecule has 1 amide bonds. The van der Waals surface area contributed by atoms with Gasteiger partial charge in [0.2, 0.25) is 0 Å². The number of aryl methyl sites for hydroxylation is 2. The number of carbonyl (C=O) groups excluding carboxylic acids is 2. The molecule has 3 aromatic rings. The molecule has 7 nitrogen and oxygen atoms in total. The number of benzene rings is 2. The van der Waals surface area contributed by atoms with E-state index in [-0.39, 0.29) is 24.7 Å². The number of anilines is 1. The van der Waals surface area contributed by atoms with Crippen molar-refractivity contribution in [2.45, 2.75) is 19.4 Å². The molecule has 0 aliphatic carbocycles. The van der Waals surface area contributed by atoms with Crippen LogP contribution in [0.3, 0.4) is 0 Å². The summed E-state index contributed by atoms with van der Waals surface area (Å²) in [6.07, 6.45) is 1.81. The van der Waals surface area contributed by atoms with Gasteiger partial charge in [0, 0.05) is 19.3 Å². The van der Waals surface area contributed by atoms with Gasteiger partial charge in [-0.15, -0.1) is 0 Å². The van der Waals surface area contributed by atoms with Crippen LogP contribution >= 0.6 is 0 Å². The number of carbonyl (C=O) groups is 2. The highest BCUT2D eigenvalue weighted by molar-refractivity contribution is 5.96. The number of fused-ring (bicyclic) bond motifs is 2. The SMILES string of the molecule is Cn1c(=O)n(CC(=O)OCC(=O)N2CCCc3ccccc32)c2ccccc21. The molecular formula is C21H21N3O4. The van der Waals surface area contributed by atoms with Crippen molar-refractivity contribution >= 4 is 28.6 Å². The summed E-state index contributed by atoms with van der Waals surface area (Å²) in [5, 5.41) is 0. The Labute approximate surface area is 161 Å². The van der Waals surface area contributed by atoms with Gasteiger partial charge in [0.25, 0.3) is 5.91 Å². The second kappa shape index (κ2) is 7.34. The Morgan fingerprint density at radius 1 is 1.04 bits per heavy atom. The molecule has 4 rings (SSSR count). The number of para-hydroxylation sites is 3. The first-order valence-corrected chi connectivity index (χ1v) is 9.24. The summed E-state index contributed by atoms with van der Waals surface area (Å²) in [6, 6.07) is 15.0. The van der Waals surface area contributed by atoms with Gasteiger partial charge in [-0.2, -0.15) is 0 Å². The fourth-order valence-corrected chi connectivity index (χ4v) is 3.70. The molecule has 0 N–H and O–H groups in total. The Balaban J connectivity index is 1.44. The maximum Gasteiger partial charge on any atom is 0.329 e. The Morgan fingerprint density at radius 3 is 2.57 bits per heavy atom. The van der Waals surface area contributed by atoms with Gasteiger partial charge in [-0.3, -0.25) is 18.7 Å². The molecule has 0 saturated heterocycles. The smallest absolute Gasteiger partial charge is 0.329 e. The second-order valence-electron chi connectivity index (χ2n) is 6.85. The van der Waals surface area contributed by atoms with E-state index in [0.29, 0.717) is 12.1 Å². The molecule has 1 aliphatic rings. The Hall–Kier alpha value is -3.35. The standard InChI is InChI=1S/C21H21N3O4/c1-22-17-10-4-5-11-18(17)24(21(22)27)13-20(26)28-14-19(25)23-12-6-8-15-7-2-3-9-16(15)23/h2-5,7,9-11H,6,8,12-14H2,1H3. The molecule has 0 unspecified atom stereocenters. The number of esters is 1. The van der Waals surface area contributed by atoms with E-state index in [9.17, 15) is 14.4 Å². The van der Waals surface area contributed by atoms with Crippen molar-refractivity contribution in [3.05, 3.63) is 64.6 Å². The quantitative estimate of drug-likeness (QED) is 0.649. The number of nitrogens with zero attached hydrogens (tertiary/aromatic N) is 3. The van der Waals surface area contributed by atoms with E-state index in [4.69, 9.17) is 4.74 Å². The van der Waals surface area contributed by atoms with E-state index >= 15 is 0 Å². The van der Waals surface area contributed by atoms with Gasteiger partial charge in [0.05, 0.1) is 11.0 Å². The highest BCUT2D eigenvalue weighted by Gasteiger charge is 2.23. The van der Waals surface area contributed by atoms with Gasteiger partial charge in [0.1, 0.15) is 6.54 Å². The van der Waals surface area contributed by atoms with Gasteiger partial charge in [-0.25, -0.2) is 4.79 Å². The summed E-state index contributed by atoms with van der Waals surface area (Å²) in [6.45, 7) is 0.0346. The molecule has 0 atom stereocenters. The molecule has 2 aromatic carbocycles. The van der Waals surface area contributed by atoms with Gasteiger partial charge in [0.15, 0.2) is 6.61 Å². The lowest BCUT2D eigenvalue weighted by Crippen LogP contribution is -2.38. The molecule has 7 heteroatoms. The zero-order valence-electron chi connectivity index (χ0n) is 15.6. The van der Waals surface area contributed by atoms with Crippen LogP contribution in [0, 0.1) is 0 Å². The first kappa shape index (κ1) is 18.0. The average Bonchev–Trinajstić information content (AvgIpc) is 2.96. The van der Waals surface area contributed by atoms with Crippen molar-refractivity contribution in [1.29, 1.82) is 0 Å². The summed E-state index contributed by atoms with van der Waals surface area (Å²) in [4.78, 5) is 38.9. The topological polar surface area (TPSA) is 73.5 Å². The van der Waals surface area contributed by atoms with Crippen molar-refractivity contribution < 1.29 is 14.3 Å². The first-order chi connectivity index (χ1) is 13.6. The normalized spacial score (nSPS) is 13.4. The van der Waals surface area contributed by atoms with Crippen LogP contribution < -0.4 is 10.6 Å². The minimum Gasteiger partial charge on any atom is -0.454 e. The lowest BCUT2D eigenvalue weighted by molar-refractivity contribution is -0.148. The molecule has 0 radical (unpaired) electrons. The van der Waals surface area contributed by atoms with Gasteiger partial charge >= 0.3 is 11.7 Å². The lowest BCUT2D eigenvalue weighted by atomic mass is 10.0. The van der Waals surface area contributed by atoms with Crippen molar-refractivity contribution in [3.63, 3.8) is 0 Å². The molecule has 0 spiro atoms. The number of hydrogen-bond acceptors (Lipinski definition) is 4. The molecule has 0 saturated carbocycles. The maximum atomic E-state index is 12.6. The van der Waals surface area contributed by atoms with Crippen LogP contribution in [0.1, 0.15) is 12.0 Å². The molecular weight excluding hydrogens is 358 g/mol. The molecule has 1 aromatic heterocycles. The van der Waals surface area contributed by atoms with Crippen LogP contribution in [-0.4, -0.2) is 34.2 Å². The van der Waals surface area contributed by atoms with Crippen molar-refractivity contribution in [1.82, 2.24) is 9.13 Å². The van der Waals surface area contributed by atoms with Gasteiger partial charge < -0.3 is 9.64 Å². The Kier molecular flexibility index (Phi) is 4.73. The summed E-state index contributed by atoms with van der Waals surface area (Å²) in [5.41, 5.74) is 3.09. The Bertz CT molecular complexity index is 1110. The van der Waals surface area contributed by atoms with E-state index in [1.54, 1.807) is 24.1 Å². The Morgan fingerprint density at radius 2 is 1.75 bits per heavy atom. The van der Waals surface area contributed by atoms with Crippen LogP contribution in [0.4, 0.5) is 5.69 Å². The highest BCUT2D eigenvalue weighted by atomic mass is 16.5. The monoisotopic (exact) mass is 379 g/mol. The number of hydrogen-bond donors (Lipinski definition) is 0. The van der Waals surface area contributed by atoms with E-state index < -0.39 is 5.97 Å². The van der Waals surface area contributed by atoms with Crippen molar-refractivity contribution in [2.75, 3.05) is 18.1 Å². The lowest BCUT2D eigenvalue weighted by Gasteiger charge is -2.29. The minimum absolute atomic E-state index is 0.232. The largest absolute Gasteiger partial charge is 0.454 e. The molecule has 0 bridgehead atoms. The van der Waals surface area contributed by atoms with E-state index in [1.165, 1.54) is 9.13 Å². The van der Waals surface area contributed by atoms with Crippen LogP contribution in [0.25, 0.3) is 11.0 Å². The summed E-state index contributed by atoms with van der Waals surface area (Å²) in [7, 11) is 1.66. The maximum absolute atomic E-state index is 12.6. The van der Waals surface area contributed by atoms with Crippen molar-refractivity contribution in [3.8, 4) is 0 Å². The van der Waals surface area contributed by atoms with Crippen LogP contribution in [0.2, 0.25) is 0 Å². The summed E-state index contributed by atoms with van der Waals surface area (Å²) >= 11 is 0. The van der Waals surface area contributed by atoms with Crippen LogP contribution in [0.5, 0.6) is 0 Å². The third-order valence-corrected chi connectivity index (χ3v) is 5.11. The van der Waals surface area contributed by atoms with Crippen LogP contribution in [-0.2, 0) is 34.3 Å². The number of amides is 1. The highest BCUT2D eigenvalue weighted by Crippen LogP contribution is 2.26. The summed E-state index contributed by atoms with van der Waals surface area (Å²) < 4.78 is 8.03. The molecule has 28 heavy (non-hydrogen) atoms.